The molecule has 0 fully saturated rings. The lowest BCUT2D eigenvalue weighted by Gasteiger charge is -2.17. The SMILES string of the molecule is CCC(Cc1ccc(C)cc1)Nc1ccc(C#N)cn1. The molecule has 1 unspecified atom stereocenters. The predicted octanol–water partition coefficient (Wildman–Crippen LogP) is 3.69. The number of hydrogen-bond donors (Lipinski definition) is 1. The zero-order chi connectivity index (χ0) is 14.4. The van der Waals surface area contributed by atoms with Crippen molar-refractivity contribution in [2.45, 2.75) is 32.7 Å². The van der Waals surface area contributed by atoms with E-state index >= 15 is 0 Å². The van der Waals surface area contributed by atoms with Crippen LogP contribution in [-0.2, 0) is 6.42 Å². The normalized spacial score (nSPS) is 11.7. The summed E-state index contributed by atoms with van der Waals surface area (Å²) >= 11 is 0. The maximum absolute atomic E-state index is 8.76. The molecule has 0 radical (unpaired) electrons. The van der Waals surface area contributed by atoms with E-state index in [1.165, 1.54) is 11.1 Å². The predicted molar refractivity (Wildman–Crippen MR) is 81.5 cm³/mol. The number of benzene rings is 1. The van der Waals surface area contributed by atoms with Gasteiger partial charge in [-0.2, -0.15) is 5.26 Å². The summed E-state index contributed by atoms with van der Waals surface area (Å²) < 4.78 is 0. The Bertz CT molecular complexity index is 579. The quantitative estimate of drug-likeness (QED) is 0.896. The summed E-state index contributed by atoms with van der Waals surface area (Å²) in [6.07, 6.45) is 3.59. The molecule has 102 valence electrons. The topological polar surface area (TPSA) is 48.7 Å². The highest BCUT2D eigenvalue weighted by Gasteiger charge is 2.08. The Balaban J connectivity index is 2.01. The second kappa shape index (κ2) is 6.72. The minimum atomic E-state index is 0.346. The first-order valence-corrected chi connectivity index (χ1v) is 6.89. The molecule has 20 heavy (non-hydrogen) atoms. The van der Waals surface area contributed by atoms with Gasteiger partial charge >= 0.3 is 0 Å². The molecule has 0 bridgehead atoms. The van der Waals surface area contributed by atoms with Crippen LogP contribution < -0.4 is 5.32 Å². The van der Waals surface area contributed by atoms with E-state index in [4.69, 9.17) is 5.26 Å². The van der Waals surface area contributed by atoms with Crippen LogP contribution in [0.4, 0.5) is 5.82 Å². The second-order valence-electron chi connectivity index (χ2n) is 4.98. The third-order valence-corrected chi connectivity index (χ3v) is 3.34. The van der Waals surface area contributed by atoms with Crippen molar-refractivity contribution in [1.82, 2.24) is 4.98 Å². The molecule has 1 N–H and O–H groups in total. The molecule has 1 heterocycles. The number of nitrogens with zero attached hydrogens (tertiary/aromatic N) is 2. The van der Waals surface area contributed by atoms with Crippen LogP contribution in [-0.4, -0.2) is 11.0 Å². The first-order chi connectivity index (χ1) is 9.71. The third kappa shape index (κ3) is 3.83. The molecule has 0 saturated heterocycles. The minimum absolute atomic E-state index is 0.346. The minimum Gasteiger partial charge on any atom is -0.367 e. The van der Waals surface area contributed by atoms with E-state index in [1.807, 2.05) is 6.07 Å². The van der Waals surface area contributed by atoms with Crippen LogP contribution in [0.25, 0.3) is 0 Å². The Hall–Kier alpha value is -2.34. The van der Waals surface area contributed by atoms with Crippen LogP contribution in [0.15, 0.2) is 42.6 Å². The number of rotatable bonds is 5. The lowest BCUT2D eigenvalue weighted by molar-refractivity contribution is 0.687. The Kier molecular flexibility index (Phi) is 4.73. The molecule has 0 amide bonds. The van der Waals surface area contributed by atoms with Crippen LogP contribution in [0.1, 0.15) is 30.0 Å². The smallest absolute Gasteiger partial charge is 0.126 e. The van der Waals surface area contributed by atoms with Gasteiger partial charge in [-0.1, -0.05) is 36.8 Å². The number of pyridine rings is 1. The summed E-state index contributed by atoms with van der Waals surface area (Å²) in [7, 11) is 0. The van der Waals surface area contributed by atoms with Crippen molar-refractivity contribution < 1.29 is 0 Å². The van der Waals surface area contributed by atoms with Gasteiger partial charge in [0.05, 0.1) is 5.56 Å². The highest BCUT2D eigenvalue weighted by molar-refractivity contribution is 5.40. The van der Waals surface area contributed by atoms with E-state index in [1.54, 1.807) is 12.3 Å². The van der Waals surface area contributed by atoms with Crippen molar-refractivity contribution in [3.8, 4) is 6.07 Å². The van der Waals surface area contributed by atoms with Gasteiger partial charge in [-0.3, -0.25) is 0 Å². The maximum Gasteiger partial charge on any atom is 0.126 e. The van der Waals surface area contributed by atoms with Crippen LogP contribution in [0, 0.1) is 18.3 Å². The molecule has 2 aromatic rings. The summed E-state index contributed by atoms with van der Waals surface area (Å²) in [5.74, 6) is 0.822. The number of nitrogens with one attached hydrogen (secondary N) is 1. The van der Waals surface area contributed by atoms with Crippen molar-refractivity contribution in [3.63, 3.8) is 0 Å². The first-order valence-electron chi connectivity index (χ1n) is 6.89. The fourth-order valence-electron chi connectivity index (χ4n) is 2.06. The van der Waals surface area contributed by atoms with Gasteiger partial charge in [0.1, 0.15) is 11.9 Å². The van der Waals surface area contributed by atoms with Gasteiger partial charge in [-0.15, -0.1) is 0 Å². The van der Waals surface area contributed by atoms with E-state index in [2.05, 4.69) is 54.5 Å². The lowest BCUT2D eigenvalue weighted by atomic mass is 10.0. The van der Waals surface area contributed by atoms with Crippen molar-refractivity contribution in [2.75, 3.05) is 5.32 Å². The molecule has 1 atom stereocenters. The molecular formula is C17H19N3. The number of aryl methyl sites for hydroxylation is 1. The van der Waals surface area contributed by atoms with Crippen molar-refractivity contribution in [3.05, 3.63) is 59.3 Å². The van der Waals surface area contributed by atoms with E-state index < -0.39 is 0 Å². The summed E-state index contributed by atoms with van der Waals surface area (Å²) in [4.78, 5) is 4.26. The molecule has 0 aliphatic rings. The molecule has 0 aliphatic carbocycles. The summed E-state index contributed by atoms with van der Waals surface area (Å²) in [6, 6.07) is 14.7. The van der Waals surface area contributed by atoms with Crippen LogP contribution >= 0.6 is 0 Å². The molecule has 1 aromatic heterocycles. The average Bonchev–Trinajstić information content (AvgIpc) is 2.49. The molecular weight excluding hydrogens is 246 g/mol. The van der Waals surface area contributed by atoms with Gasteiger partial charge in [-0.25, -0.2) is 4.98 Å². The maximum atomic E-state index is 8.76. The summed E-state index contributed by atoms with van der Waals surface area (Å²) in [6.45, 7) is 4.26. The van der Waals surface area contributed by atoms with Crippen LogP contribution in [0.3, 0.4) is 0 Å². The van der Waals surface area contributed by atoms with E-state index in [-0.39, 0.29) is 0 Å². The second-order valence-corrected chi connectivity index (χ2v) is 4.98. The van der Waals surface area contributed by atoms with Crippen molar-refractivity contribution >= 4 is 5.82 Å². The molecule has 0 spiro atoms. The fourth-order valence-corrected chi connectivity index (χ4v) is 2.06. The van der Waals surface area contributed by atoms with Gasteiger partial charge < -0.3 is 5.32 Å². The van der Waals surface area contributed by atoms with Crippen LogP contribution in [0.5, 0.6) is 0 Å². The number of aromatic nitrogens is 1. The number of hydrogen-bond acceptors (Lipinski definition) is 3. The molecule has 3 nitrogen and oxygen atoms in total. The monoisotopic (exact) mass is 265 g/mol. The largest absolute Gasteiger partial charge is 0.367 e. The Morgan fingerprint density at radius 3 is 2.50 bits per heavy atom. The van der Waals surface area contributed by atoms with Gasteiger partial charge in [0, 0.05) is 12.2 Å². The molecule has 1 aromatic carbocycles. The number of nitriles is 1. The third-order valence-electron chi connectivity index (χ3n) is 3.34. The molecule has 3 heteroatoms. The highest BCUT2D eigenvalue weighted by Crippen LogP contribution is 2.13. The zero-order valence-corrected chi connectivity index (χ0v) is 11.9. The van der Waals surface area contributed by atoms with Gasteiger partial charge in [0.15, 0.2) is 0 Å². The van der Waals surface area contributed by atoms with Gasteiger partial charge in [0.2, 0.25) is 0 Å². The average molecular weight is 265 g/mol. The first kappa shape index (κ1) is 14.1. The van der Waals surface area contributed by atoms with E-state index in [0.29, 0.717) is 11.6 Å². The number of anilines is 1. The molecule has 2 rings (SSSR count). The standard InChI is InChI=1S/C17H19N3/c1-3-16(10-14-6-4-13(2)5-7-14)20-17-9-8-15(11-18)12-19-17/h4-9,12,16H,3,10H2,1-2H3,(H,19,20). The molecule has 0 aliphatic heterocycles. The molecule has 0 saturated carbocycles. The van der Waals surface area contributed by atoms with Crippen molar-refractivity contribution in [1.29, 1.82) is 5.26 Å². The van der Waals surface area contributed by atoms with Crippen LogP contribution in [0.2, 0.25) is 0 Å². The zero-order valence-electron chi connectivity index (χ0n) is 11.9. The lowest BCUT2D eigenvalue weighted by Crippen LogP contribution is -2.21. The Morgan fingerprint density at radius 1 is 1.20 bits per heavy atom. The van der Waals surface area contributed by atoms with Gasteiger partial charge in [0.25, 0.3) is 0 Å². The van der Waals surface area contributed by atoms with Gasteiger partial charge in [-0.05, 0) is 37.5 Å². The van der Waals surface area contributed by atoms with Crippen molar-refractivity contribution in [2.24, 2.45) is 0 Å². The summed E-state index contributed by atoms with van der Waals surface area (Å²) in [5, 5.41) is 12.2. The Labute approximate surface area is 120 Å². The Morgan fingerprint density at radius 2 is 1.95 bits per heavy atom. The summed E-state index contributed by atoms with van der Waals surface area (Å²) in [5.41, 5.74) is 3.19. The fraction of sp³-hybridized carbons (Fsp3) is 0.294. The van der Waals surface area contributed by atoms with E-state index in [9.17, 15) is 0 Å². The highest BCUT2D eigenvalue weighted by atomic mass is 15.0. The van der Waals surface area contributed by atoms with E-state index in [0.717, 1.165) is 18.7 Å².